The number of nitrogens with zero attached hydrogens (tertiary/aromatic N) is 4. The molecule has 2 bridgehead atoms. The van der Waals surface area contributed by atoms with Crippen LogP contribution in [0.1, 0.15) is 66.8 Å². The number of fused-ring (bicyclic) bond motifs is 2. The van der Waals surface area contributed by atoms with Crippen molar-refractivity contribution >= 4 is 11.8 Å². The van der Waals surface area contributed by atoms with Crippen LogP contribution in [0, 0.1) is 5.92 Å². The lowest BCUT2D eigenvalue weighted by Gasteiger charge is -2.40. The van der Waals surface area contributed by atoms with Gasteiger partial charge < -0.3 is 24.0 Å². The number of piperidine rings is 1. The Hall–Kier alpha value is -3.67. The molecule has 1 aromatic carbocycles. The number of carboxylic acid groups (broad SMARTS) is 1. The fraction of sp³-hybridized carbons (Fsp3) is 0.481. The van der Waals surface area contributed by atoms with Gasteiger partial charge in [0.1, 0.15) is 23.0 Å². The first-order valence-corrected chi connectivity index (χ1v) is 13.0. The number of aromatic carboxylic acids is 1. The van der Waals surface area contributed by atoms with E-state index in [0.717, 1.165) is 32.1 Å². The third-order valence-corrected chi connectivity index (χ3v) is 7.81. The first kappa shape index (κ1) is 25.6. The number of aromatic nitrogens is 3. The number of carboxylic acids is 1. The molecule has 0 spiro atoms. The molecular formula is C27H27F3N4O5. The molecular weight excluding hydrogens is 517 g/mol. The average Bonchev–Trinajstić information content (AvgIpc) is 3.61. The van der Waals surface area contributed by atoms with Crippen molar-refractivity contribution in [2.75, 3.05) is 4.90 Å². The van der Waals surface area contributed by atoms with E-state index in [2.05, 4.69) is 31.7 Å². The molecule has 1 N–H and O–H groups in total. The molecule has 3 aromatic rings. The van der Waals surface area contributed by atoms with Crippen molar-refractivity contribution in [1.82, 2.24) is 15.1 Å². The predicted molar refractivity (Wildman–Crippen MR) is 131 cm³/mol. The second-order valence-electron chi connectivity index (χ2n) is 10.5. The van der Waals surface area contributed by atoms with Crippen LogP contribution < -0.4 is 9.64 Å². The van der Waals surface area contributed by atoms with Gasteiger partial charge in [-0.2, -0.15) is 0 Å². The maximum absolute atomic E-state index is 13.1. The number of benzene rings is 1. The molecule has 2 aromatic heterocycles. The monoisotopic (exact) mass is 544 g/mol. The van der Waals surface area contributed by atoms with Crippen LogP contribution in [0.3, 0.4) is 0 Å². The molecule has 4 heterocycles. The normalized spacial score (nSPS) is 24.7. The second kappa shape index (κ2) is 9.82. The van der Waals surface area contributed by atoms with Gasteiger partial charge in [0.2, 0.25) is 0 Å². The maximum Gasteiger partial charge on any atom is 0.573 e. The third kappa shape index (κ3) is 5.17. The molecule has 9 nitrogen and oxygen atoms in total. The Morgan fingerprint density at radius 1 is 1.15 bits per heavy atom. The highest BCUT2D eigenvalue weighted by molar-refractivity contribution is 5.85. The maximum atomic E-state index is 13.1. The van der Waals surface area contributed by atoms with E-state index in [0.29, 0.717) is 28.8 Å². The second-order valence-corrected chi connectivity index (χ2v) is 10.5. The van der Waals surface area contributed by atoms with Crippen LogP contribution in [-0.2, 0) is 11.3 Å². The fourth-order valence-corrected chi connectivity index (χ4v) is 5.94. The standard InChI is InChI=1S/C27H27F3N4O5/c1-14-8-16-9-17(10-21(14)34(16)23-12-31-20(11-32-23)26(35)36)37-13-19-24(33-39-25(19)15-6-7-15)18-4-2-3-5-22(18)38-27(28,29)30/h2-5,11-12,14-17,21H,6-10,13H2,1H3,(H,35,36)/t14-,16?,17?,21?/m1/s1. The van der Waals surface area contributed by atoms with Crippen LogP contribution in [-0.4, -0.2) is 50.8 Å². The number of para-hydroxylation sites is 1. The Labute approximate surface area is 221 Å². The zero-order valence-electron chi connectivity index (χ0n) is 21.1. The van der Waals surface area contributed by atoms with Crippen molar-refractivity contribution in [1.29, 1.82) is 0 Å². The molecule has 1 saturated carbocycles. The van der Waals surface area contributed by atoms with Crippen LogP contribution in [0.5, 0.6) is 5.75 Å². The van der Waals surface area contributed by atoms with Gasteiger partial charge in [-0.05, 0) is 50.2 Å². The minimum atomic E-state index is -4.84. The summed E-state index contributed by atoms with van der Waals surface area (Å²) in [7, 11) is 0. The van der Waals surface area contributed by atoms with E-state index in [4.69, 9.17) is 14.4 Å². The van der Waals surface area contributed by atoms with Crippen molar-refractivity contribution in [3.8, 4) is 17.0 Å². The molecule has 12 heteroatoms. The predicted octanol–water partition coefficient (Wildman–Crippen LogP) is 5.57. The molecule has 3 aliphatic rings. The van der Waals surface area contributed by atoms with Gasteiger partial charge in [-0.3, -0.25) is 0 Å². The van der Waals surface area contributed by atoms with E-state index in [1.807, 2.05) is 0 Å². The molecule has 1 aliphatic carbocycles. The Morgan fingerprint density at radius 2 is 1.95 bits per heavy atom. The van der Waals surface area contributed by atoms with Crippen LogP contribution in [0.2, 0.25) is 0 Å². The highest BCUT2D eigenvalue weighted by Crippen LogP contribution is 2.47. The van der Waals surface area contributed by atoms with Gasteiger partial charge >= 0.3 is 12.3 Å². The summed E-state index contributed by atoms with van der Waals surface area (Å²) in [4.78, 5) is 21.8. The number of rotatable bonds is 8. The topological polar surface area (TPSA) is 111 Å². The van der Waals surface area contributed by atoms with Gasteiger partial charge in [-0.1, -0.05) is 24.2 Å². The van der Waals surface area contributed by atoms with E-state index >= 15 is 0 Å². The Balaban J connectivity index is 1.21. The van der Waals surface area contributed by atoms with E-state index < -0.39 is 12.3 Å². The quantitative estimate of drug-likeness (QED) is 0.389. The van der Waals surface area contributed by atoms with Crippen molar-refractivity contribution < 1.29 is 37.1 Å². The molecule has 0 amide bonds. The molecule has 6 rings (SSSR count). The van der Waals surface area contributed by atoms with Gasteiger partial charge in [0.15, 0.2) is 5.69 Å². The summed E-state index contributed by atoms with van der Waals surface area (Å²) < 4.78 is 55.5. The summed E-state index contributed by atoms with van der Waals surface area (Å²) in [6.07, 6.45) is 2.15. The molecule has 4 atom stereocenters. The first-order valence-electron chi connectivity index (χ1n) is 13.0. The molecule has 3 fully saturated rings. The SMILES string of the molecule is C[C@@H]1CC2CC(OCc3c(-c4ccccc4OC(F)(F)F)noc3C3CC3)CC1N2c1cnc(C(=O)O)cn1. The Bertz CT molecular complexity index is 1360. The third-order valence-electron chi connectivity index (χ3n) is 7.81. The van der Waals surface area contributed by atoms with Crippen molar-refractivity contribution in [3.05, 3.63) is 53.7 Å². The summed E-state index contributed by atoms with van der Waals surface area (Å²) in [5.74, 6) is 0.418. The van der Waals surface area contributed by atoms with E-state index in [1.165, 1.54) is 30.6 Å². The summed E-state index contributed by atoms with van der Waals surface area (Å²) in [6.45, 7) is 2.34. The highest BCUT2D eigenvalue weighted by atomic mass is 19.4. The number of ether oxygens (including phenoxy) is 2. The van der Waals surface area contributed by atoms with Gasteiger partial charge in [-0.15, -0.1) is 13.2 Å². The summed E-state index contributed by atoms with van der Waals surface area (Å²) in [5, 5.41) is 13.3. The van der Waals surface area contributed by atoms with Crippen LogP contribution in [0.4, 0.5) is 19.0 Å². The number of alkyl halides is 3. The van der Waals surface area contributed by atoms with Gasteiger partial charge in [0.25, 0.3) is 0 Å². The number of carbonyl (C=O) groups is 1. The Morgan fingerprint density at radius 3 is 2.62 bits per heavy atom. The van der Waals surface area contributed by atoms with E-state index in [-0.39, 0.29) is 47.7 Å². The summed E-state index contributed by atoms with van der Waals surface area (Å²) in [5.41, 5.74) is 1.07. The number of halogens is 3. The molecule has 39 heavy (non-hydrogen) atoms. The average molecular weight is 545 g/mol. The highest BCUT2D eigenvalue weighted by Gasteiger charge is 2.46. The number of hydrogen-bond acceptors (Lipinski definition) is 8. The Kier molecular flexibility index (Phi) is 6.44. The lowest BCUT2D eigenvalue weighted by molar-refractivity contribution is -0.274. The smallest absolute Gasteiger partial charge is 0.476 e. The van der Waals surface area contributed by atoms with Crippen molar-refractivity contribution in [2.45, 2.75) is 76.1 Å². The zero-order chi connectivity index (χ0) is 27.3. The van der Waals surface area contributed by atoms with Crippen LogP contribution in [0.25, 0.3) is 11.3 Å². The summed E-state index contributed by atoms with van der Waals surface area (Å²) >= 11 is 0. The molecule has 2 saturated heterocycles. The summed E-state index contributed by atoms with van der Waals surface area (Å²) in [6, 6.07) is 6.21. The van der Waals surface area contributed by atoms with Crippen molar-refractivity contribution in [3.63, 3.8) is 0 Å². The fourth-order valence-electron chi connectivity index (χ4n) is 5.94. The number of anilines is 1. The number of hydrogen-bond donors (Lipinski definition) is 1. The lowest BCUT2D eigenvalue weighted by Crippen LogP contribution is -2.47. The largest absolute Gasteiger partial charge is 0.573 e. The first-order chi connectivity index (χ1) is 18.7. The molecule has 2 aliphatic heterocycles. The van der Waals surface area contributed by atoms with Crippen molar-refractivity contribution in [2.24, 2.45) is 5.92 Å². The lowest BCUT2D eigenvalue weighted by atomic mass is 9.97. The van der Waals surface area contributed by atoms with E-state index in [9.17, 15) is 18.0 Å². The minimum absolute atomic E-state index is 0.0797. The molecule has 206 valence electrons. The van der Waals surface area contributed by atoms with Gasteiger partial charge in [0, 0.05) is 29.1 Å². The molecule has 0 radical (unpaired) electrons. The van der Waals surface area contributed by atoms with Gasteiger partial charge in [0.05, 0.1) is 25.1 Å². The van der Waals surface area contributed by atoms with Gasteiger partial charge in [-0.25, -0.2) is 14.8 Å². The minimum Gasteiger partial charge on any atom is -0.476 e. The van der Waals surface area contributed by atoms with Crippen LogP contribution >= 0.6 is 0 Å². The van der Waals surface area contributed by atoms with E-state index in [1.54, 1.807) is 6.07 Å². The zero-order valence-corrected chi connectivity index (χ0v) is 21.1. The van der Waals surface area contributed by atoms with Crippen LogP contribution in [0.15, 0.2) is 41.2 Å². The molecule has 3 unspecified atom stereocenters.